The second-order valence-corrected chi connectivity index (χ2v) is 9.41. The van der Waals surface area contributed by atoms with Crippen molar-refractivity contribution in [2.45, 2.75) is 32.2 Å². The SMILES string of the molecule is Cc1c(C(=O)N[C@H]2CCc3nc(NC(=O)c4ccnc5c(O)cccc45)sc3C2)ccc(F)c1F. The Morgan fingerprint density at radius 3 is 2.77 bits per heavy atom. The molecule has 2 heterocycles. The Labute approximate surface area is 202 Å². The standard InChI is InChI=1S/C25H20F2N4O3S/c1-12-14(6-7-17(26)21(12)27)23(33)29-13-5-8-18-20(11-13)35-25(30-18)31-24(34)16-9-10-28-22-15(16)3-2-4-19(22)32/h2-4,6-7,9-10,13,32H,5,8,11H2,1H3,(H,29,33)(H,30,31,34)/t13-/m0/s1. The predicted molar refractivity (Wildman–Crippen MR) is 128 cm³/mol. The summed E-state index contributed by atoms with van der Waals surface area (Å²) in [4.78, 5) is 35.2. The minimum atomic E-state index is -1.02. The molecule has 0 saturated carbocycles. The van der Waals surface area contributed by atoms with Gasteiger partial charge in [0.2, 0.25) is 0 Å². The van der Waals surface area contributed by atoms with Gasteiger partial charge in [-0.25, -0.2) is 13.8 Å². The number of carbonyl (C=O) groups is 2. The minimum absolute atomic E-state index is 0.00600. The fourth-order valence-corrected chi connectivity index (χ4v) is 5.32. The summed E-state index contributed by atoms with van der Waals surface area (Å²) in [7, 11) is 0. The zero-order valence-corrected chi connectivity index (χ0v) is 19.4. The normalized spacial score (nSPS) is 15.0. The van der Waals surface area contributed by atoms with Crippen molar-refractivity contribution in [2.24, 2.45) is 0 Å². The number of carbonyl (C=O) groups excluding carboxylic acids is 2. The molecule has 0 radical (unpaired) electrons. The number of pyridine rings is 1. The van der Waals surface area contributed by atoms with Crippen molar-refractivity contribution >= 4 is 39.2 Å². The van der Waals surface area contributed by atoms with E-state index < -0.39 is 17.5 Å². The average Bonchev–Trinajstić information content (AvgIpc) is 3.24. The van der Waals surface area contributed by atoms with E-state index in [1.165, 1.54) is 36.6 Å². The Morgan fingerprint density at radius 2 is 1.94 bits per heavy atom. The molecule has 2 amide bonds. The quantitative estimate of drug-likeness (QED) is 0.387. The number of hydrogen-bond donors (Lipinski definition) is 3. The molecule has 7 nitrogen and oxygen atoms in total. The van der Waals surface area contributed by atoms with Gasteiger partial charge in [0.15, 0.2) is 16.8 Å². The summed E-state index contributed by atoms with van der Waals surface area (Å²) in [6.07, 6.45) is 3.22. The first-order valence-corrected chi connectivity index (χ1v) is 11.8. The van der Waals surface area contributed by atoms with Gasteiger partial charge in [-0.05, 0) is 44.0 Å². The first kappa shape index (κ1) is 22.9. The van der Waals surface area contributed by atoms with Gasteiger partial charge in [0.25, 0.3) is 11.8 Å². The van der Waals surface area contributed by atoms with Crippen LogP contribution in [-0.4, -0.2) is 32.9 Å². The van der Waals surface area contributed by atoms with Gasteiger partial charge in [0.1, 0.15) is 11.3 Å². The van der Waals surface area contributed by atoms with Crippen LogP contribution in [-0.2, 0) is 12.8 Å². The molecule has 178 valence electrons. The molecule has 0 spiro atoms. The maximum absolute atomic E-state index is 13.9. The highest BCUT2D eigenvalue weighted by Crippen LogP contribution is 2.31. The van der Waals surface area contributed by atoms with Gasteiger partial charge in [-0.2, -0.15) is 0 Å². The lowest BCUT2D eigenvalue weighted by molar-refractivity contribution is 0.0931. The number of hydrogen-bond acceptors (Lipinski definition) is 6. The second kappa shape index (κ2) is 9.03. The van der Waals surface area contributed by atoms with Gasteiger partial charge >= 0.3 is 0 Å². The third-order valence-corrected chi connectivity index (χ3v) is 7.11. The number of rotatable bonds is 4. The highest BCUT2D eigenvalue weighted by Gasteiger charge is 2.26. The Bertz CT molecular complexity index is 1490. The monoisotopic (exact) mass is 494 g/mol. The van der Waals surface area contributed by atoms with E-state index in [9.17, 15) is 23.5 Å². The molecule has 0 bridgehead atoms. The van der Waals surface area contributed by atoms with Crippen molar-refractivity contribution in [3.63, 3.8) is 0 Å². The summed E-state index contributed by atoms with van der Waals surface area (Å²) in [5, 5.41) is 16.7. The van der Waals surface area contributed by atoms with E-state index in [-0.39, 0.29) is 28.8 Å². The van der Waals surface area contributed by atoms with Crippen molar-refractivity contribution < 1.29 is 23.5 Å². The van der Waals surface area contributed by atoms with Crippen LogP contribution >= 0.6 is 11.3 Å². The number of aromatic nitrogens is 2. The zero-order valence-electron chi connectivity index (χ0n) is 18.6. The Kier molecular flexibility index (Phi) is 5.89. The average molecular weight is 495 g/mol. The highest BCUT2D eigenvalue weighted by molar-refractivity contribution is 7.15. The number of thiazole rings is 1. The first-order chi connectivity index (χ1) is 16.8. The number of nitrogens with zero attached hydrogens (tertiary/aromatic N) is 2. The van der Waals surface area contributed by atoms with E-state index in [1.54, 1.807) is 18.2 Å². The molecule has 5 rings (SSSR count). The van der Waals surface area contributed by atoms with E-state index in [4.69, 9.17) is 0 Å². The molecular weight excluding hydrogens is 474 g/mol. The number of phenols is 1. The fraction of sp³-hybridized carbons (Fsp3) is 0.200. The van der Waals surface area contributed by atoms with E-state index in [1.807, 2.05) is 0 Å². The van der Waals surface area contributed by atoms with Crippen LogP contribution in [0.4, 0.5) is 13.9 Å². The van der Waals surface area contributed by atoms with Crippen molar-refractivity contribution in [3.8, 4) is 5.75 Å². The van der Waals surface area contributed by atoms with Crippen molar-refractivity contribution in [1.82, 2.24) is 15.3 Å². The van der Waals surface area contributed by atoms with Crippen LogP contribution in [0.5, 0.6) is 5.75 Å². The number of aryl methyl sites for hydroxylation is 1. The van der Waals surface area contributed by atoms with Gasteiger partial charge in [-0.1, -0.05) is 12.1 Å². The summed E-state index contributed by atoms with van der Waals surface area (Å²) < 4.78 is 27.2. The summed E-state index contributed by atoms with van der Waals surface area (Å²) in [5.74, 6) is -2.84. The van der Waals surface area contributed by atoms with Crippen LogP contribution in [0.2, 0.25) is 0 Å². The zero-order chi connectivity index (χ0) is 24.7. The summed E-state index contributed by atoms with van der Waals surface area (Å²) in [6.45, 7) is 1.37. The van der Waals surface area contributed by atoms with Crippen molar-refractivity contribution in [2.75, 3.05) is 5.32 Å². The van der Waals surface area contributed by atoms with Gasteiger partial charge in [-0.15, -0.1) is 11.3 Å². The van der Waals surface area contributed by atoms with E-state index >= 15 is 0 Å². The van der Waals surface area contributed by atoms with Crippen LogP contribution < -0.4 is 10.6 Å². The summed E-state index contributed by atoms with van der Waals surface area (Å²) >= 11 is 1.33. The highest BCUT2D eigenvalue weighted by atomic mass is 32.1. The lowest BCUT2D eigenvalue weighted by atomic mass is 9.97. The van der Waals surface area contributed by atoms with E-state index in [0.717, 1.165) is 16.6 Å². The van der Waals surface area contributed by atoms with Crippen LogP contribution in [0.15, 0.2) is 42.6 Å². The van der Waals surface area contributed by atoms with E-state index in [2.05, 4.69) is 20.6 Å². The molecule has 35 heavy (non-hydrogen) atoms. The van der Waals surface area contributed by atoms with Gasteiger partial charge in [-0.3, -0.25) is 19.9 Å². The number of phenolic OH excluding ortho intramolecular Hbond substituents is 1. The summed E-state index contributed by atoms with van der Waals surface area (Å²) in [6, 6.07) is 8.48. The molecule has 10 heteroatoms. The third kappa shape index (κ3) is 4.32. The molecule has 4 aromatic rings. The molecule has 0 saturated heterocycles. The van der Waals surface area contributed by atoms with Gasteiger partial charge < -0.3 is 10.4 Å². The number of fused-ring (bicyclic) bond motifs is 2. The van der Waals surface area contributed by atoms with Crippen LogP contribution in [0.1, 0.15) is 43.3 Å². The largest absolute Gasteiger partial charge is 0.506 e. The predicted octanol–water partition coefficient (Wildman–Crippen LogP) is 4.52. The van der Waals surface area contributed by atoms with Crippen LogP contribution in [0, 0.1) is 18.6 Å². The molecule has 0 aliphatic heterocycles. The molecule has 0 fully saturated rings. The number of amides is 2. The molecule has 1 aliphatic rings. The molecule has 1 aliphatic carbocycles. The second-order valence-electron chi connectivity index (χ2n) is 8.32. The number of anilines is 1. The molecule has 3 N–H and O–H groups in total. The van der Waals surface area contributed by atoms with E-state index in [0.29, 0.717) is 40.9 Å². The molecule has 2 aromatic carbocycles. The van der Waals surface area contributed by atoms with Crippen molar-refractivity contribution in [3.05, 3.63) is 81.5 Å². The van der Waals surface area contributed by atoms with Crippen molar-refractivity contribution in [1.29, 1.82) is 0 Å². The number of aromatic hydroxyl groups is 1. The number of nitrogens with one attached hydrogen (secondary N) is 2. The number of para-hydroxylation sites is 1. The molecule has 2 aromatic heterocycles. The Hall–Kier alpha value is -3.92. The minimum Gasteiger partial charge on any atom is -0.506 e. The first-order valence-electron chi connectivity index (χ1n) is 10.9. The maximum Gasteiger partial charge on any atom is 0.258 e. The summed E-state index contributed by atoms with van der Waals surface area (Å²) in [5.41, 5.74) is 1.64. The molecular formula is C25H20F2N4O3S. The smallest absolute Gasteiger partial charge is 0.258 e. The molecule has 0 unspecified atom stereocenters. The Morgan fingerprint density at radius 1 is 1.11 bits per heavy atom. The maximum atomic E-state index is 13.9. The third-order valence-electron chi connectivity index (χ3n) is 6.07. The van der Waals surface area contributed by atoms with Crippen LogP contribution in [0.25, 0.3) is 10.9 Å². The van der Waals surface area contributed by atoms with Gasteiger partial charge in [0.05, 0.1) is 11.3 Å². The van der Waals surface area contributed by atoms with Gasteiger partial charge in [0, 0.05) is 40.0 Å². The topological polar surface area (TPSA) is 104 Å². The lowest BCUT2D eigenvalue weighted by Gasteiger charge is -2.22. The Balaban J connectivity index is 1.29. The number of halogens is 2. The number of benzene rings is 2. The fourth-order valence-electron chi connectivity index (χ4n) is 4.24. The molecule has 1 atom stereocenters. The lowest BCUT2D eigenvalue weighted by Crippen LogP contribution is -2.39. The van der Waals surface area contributed by atoms with Crippen LogP contribution in [0.3, 0.4) is 0 Å².